The minimum Gasteiger partial charge on any atom is -0.335 e. The van der Waals surface area contributed by atoms with E-state index in [9.17, 15) is 0 Å². The van der Waals surface area contributed by atoms with Crippen molar-refractivity contribution in [3.8, 4) is 22.3 Å². The van der Waals surface area contributed by atoms with E-state index in [0.29, 0.717) is 0 Å². The number of anilines is 8. The molecule has 0 N–H and O–H groups in total. The van der Waals surface area contributed by atoms with Crippen molar-refractivity contribution in [2.75, 3.05) is 14.7 Å². The summed E-state index contributed by atoms with van der Waals surface area (Å²) in [6.07, 6.45) is 4.84. The van der Waals surface area contributed by atoms with Crippen LogP contribution in [0.4, 0.5) is 45.5 Å². The van der Waals surface area contributed by atoms with Gasteiger partial charge in [-0.25, -0.2) is 0 Å². The van der Waals surface area contributed by atoms with Crippen LogP contribution in [0.15, 0.2) is 194 Å². The molecule has 1 aliphatic carbocycles. The zero-order valence-electron chi connectivity index (χ0n) is 44.6. The normalized spacial score (nSPS) is 18.5. The summed E-state index contributed by atoms with van der Waals surface area (Å²) in [6, 6.07) is 74.8. The molecule has 0 spiro atoms. The van der Waals surface area contributed by atoms with Gasteiger partial charge >= 0.3 is 0 Å². The first-order chi connectivity index (χ1) is 36.2. The summed E-state index contributed by atoms with van der Waals surface area (Å²) in [4.78, 5) is 8.05. The van der Waals surface area contributed by atoms with Crippen molar-refractivity contribution in [2.24, 2.45) is 0 Å². The van der Waals surface area contributed by atoms with Crippen molar-refractivity contribution in [1.29, 1.82) is 0 Å². The number of hydrogen-bond donors (Lipinski definition) is 0. The predicted molar refractivity (Wildman–Crippen MR) is 324 cm³/mol. The summed E-state index contributed by atoms with van der Waals surface area (Å²) >= 11 is 1.88. The number of para-hydroxylation sites is 1. The van der Waals surface area contributed by atoms with Crippen LogP contribution >= 0.6 is 11.3 Å². The fourth-order valence-corrected chi connectivity index (χ4v) is 15.0. The number of benzene rings is 9. The number of thiophene rings is 1. The fourth-order valence-electron chi connectivity index (χ4n) is 13.9. The first-order valence-corrected chi connectivity index (χ1v) is 28.1. The molecule has 1 fully saturated rings. The molecule has 2 atom stereocenters. The highest BCUT2D eigenvalue weighted by Crippen LogP contribution is 2.62. The molecule has 1 aromatic heterocycles. The number of nitrogens with zero attached hydrogens (tertiary/aromatic N) is 3. The average molecular weight is 990 g/mol. The molecular formula is C70H64BN3S. The zero-order valence-corrected chi connectivity index (χ0v) is 45.4. The van der Waals surface area contributed by atoms with Gasteiger partial charge in [-0.2, -0.15) is 0 Å². The second-order valence-corrected chi connectivity index (χ2v) is 25.5. The molecule has 368 valence electrons. The smallest absolute Gasteiger partial charge is 0.252 e. The lowest BCUT2D eigenvalue weighted by molar-refractivity contribution is 0.195. The molecule has 3 aliphatic heterocycles. The topological polar surface area (TPSA) is 9.72 Å². The monoisotopic (exact) mass is 989 g/mol. The quantitative estimate of drug-likeness (QED) is 0.154. The van der Waals surface area contributed by atoms with Crippen molar-refractivity contribution in [2.45, 2.75) is 103 Å². The minimum absolute atomic E-state index is 0.00723. The third-order valence-corrected chi connectivity index (χ3v) is 19.3. The number of fused-ring (bicyclic) bond motifs is 10. The van der Waals surface area contributed by atoms with Crippen molar-refractivity contribution in [1.82, 2.24) is 0 Å². The second-order valence-electron chi connectivity index (χ2n) is 24.5. The number of hydrogen-bond acceptors (Lipinski definition) is 4. The van der Waals surface area contributed by atoms with E-state index in [2.05, 4.69) is 264 Å². The lowest BCUT2D eigenvalue weighted by atomic mass is 9.33. The Morgan fingerprint density at radius 3 is 1.88 bits per heavy atom. The highest BCUT2D eigenvalue weighted by atomic mass is 32.1. The molecule has 10 aromatic rings. The second kappa shape index (κ2) is 16.6. The van der Waals surface area contributed by atoms with E-state index < -0.39 is 0 Å². The predicted octanol–water partition coefficient (Wildman–Crippen LogP) is 17.8. The Morgan fingerprint density at radius 2 is 1.12 bits per heavy atom. The summed E-state index contributed by atoms with van der Waals surface area (Å²) in [5.74, 6) is 0. The van der Waals surface area contributed by atoms with Crippen LogP contribution in [0.5, 0.6) is 0 Å². The van der Waals surface area contributed by atoms with E-state index in [-0.39, 0.29) is 28.5 Å². The third kappa shape index (κ3) is 6.92. The molecular weight excluding hydrogens is 926 g/mol. The Morgan fingerprint density at radius 1 is 0.480 bits per heavy atom. The first kappa shape index (κ1) is 46.2. The average Bonchev–Trinajstić information content (AvgIpc) is 3.92. The van der Waals surface area contributed by atoms with E-state index in [1.54, 1.807) is 0 Å². The van der Waals surface area contributed by atoms with E-state index in [0.717, 1.165) is 23.5 Å². The van der Waals surface area contributed by atoms with Crippen LogP contribution < -0.4 is 31.1 Å². The Labute approximate surface area is 448 Å². The molecule has 0 radical (unpaired) electrons. The van der Waals surface area contributed by atoms with E-state index in [4.69, 9.17) is 0 Å². The van der Waals surface area contributed by atoms with Gasteiger partial charge in [0.15, 0.2) is 0 Å². The van der Waals surface area contributed by atoms with Crippen LogP contribution in [0.2, 0.25) is 0 Å². The Kier molecular flexibility index (Phi) is 10.2. The Bertz CT molecular complexity index is 3920. The van der Waals surface area contributed by atoms with Crippen molar-refractivity contribution >= 4 is 100 Å². The standard InChI is InChI=1S/C70H64BN3S/c1-67(2,3)48-28-31-50(32-29-48)72(51-34-37-64-55(43-51)53-24-15-16-27-63(53)75-64)52-33-35-57-60(44-52)73(59-36-30-49(68(4,5)6)42-54(59)46-22-13-10-14-23-46)61-40-47(45-20-11-9-12-21-45)41-62-65(61)71(57)58-26-19-25-56-66(58)74(62)70(8)39-18-17-38-69(56,70)7/h9-16,19-37,40-44H,17-18,38-39H2,1-8H3/t69?,70-/m1/s1. The highest BCUT2D eigenvalue weighted by molar-refractivity contribution is 7.25. The molecule has 14 rings (SSSR count). The number of rotatable bonds is 6. The van der Waals surface area contributed by atoms with Crippen LogP contribution in [0.3, 0.4) is 0 Å². The van der Waals surface area contributed by atoms with Gasteiger partial charge in [-0.05, 0) is 153 Å². The molecule has 0 amide bonds. The summed E-state index contributed by atoms with van der Waals surface area (Å²) < 4.78 is 2.62. The summed E-state index contributed by atoms with van der Waals surface area (Å²) in [7, 11) is 0. The van der Waals surface area contributed by atoms with E-state index in [1.807, 2.05) is 11.3 Å². The van der Waals surface area contributed by atoms with Gasteiger partial charge in [0.2, 0.25) is 0 Å². The first-order valence-electron chi connectivity index (χ1n) is 27.3. The third-order valence-electron chi connectivity index (χ3n) is 18.1. The van der Waals surface area contributed by atoms with Crippen molar-refractivity contribution < 1.29 is 0 Å². The molecule has 4 aliphatic rings. The highest BCUT2D eigenvalue weighted by Gasteiger charge is 2.61. The maximum absolute atomic E-state index is 2.87. The van der Waals surface area contributed by atoms with Gasteiger partial charge in [0.25, 0.3) is 6.71 Å². The molecule has 4 heterocycles. The lowest BCUT2D eigenvalue weighted by Gasteiger charge is -2.53. The Balaban J connectivity index is 1.09. The molecule has 0 saturated heterocycles. The van der Waals surface area contributed by atoms with Crippen LogP contribution in [0.1, 0.15) is 97.8 Å². The van der Waals surface area contributed by atoms with Gasteiger partial charge in [-0.3, -0.25) is 0 Å². The van der Waals surface area contributed by atoms with Crippen molar-refractivity contribution in [3.05, 3.63) is 211 Å². The SMILES string of the molecule is CC(C)(C)c1ccc(N(c2ccc3c(c2)N(c2ccc(C(C)(C)C)cc2-c2ccccc2)c2cc(-c4ccccc4)cc4c2B3c2cccc3c2N4[C@]2(C)CCCCC32C)c2ccc3sc4ccccc4c3c2)cc1. The molecule has 75 heavy (non-hydrogen) atoms. The summed E-state index contributed by atoms with van der Waals surface area (Å²) in [6.45, 7) is 19.1. The van der Waals surface area contributed by atoms with Gasteiger partial charge in [0.05, 0.1) is 11.2 Å². The van der Waals surface area contributed by atoms with Crippen LogP contribution in [0, 0.1) is 0 Å². The molecule has 9 aromatic carbocycles. The maximum atomic E-state index is 2.87. The summed E-state index contributed by atoms with van der Waals surface area (Å²) in [5, 5.41) is 2.59. The Hall–Kier alpha value is -7.34. The lowest BCUT2D eigenvalue weighted by Crippen LogP contribution is -2.64. The molecule has 3 nitrogen and oxygen atoms in total. The van der Waals surface area contributed by atoms with E-state index >= 15 is 0 Å². The van der Waals surface area contributed by atoms with Gasteiger partial charge < -0.3 is 14.7 Å². The van der Waals surface area contributed by atoms with Crippen LogP contribution in [0.25, 0.3) is 42.4 Å². The van der Waals surface area contributed by atoms with Gasteiger partial charge in [-0.1, -0.05) is 183 Å². The van der Waals surface area contributed by atoms with Crippen LogP contribution in [-0.2, 0) is 16.2 Å². The van der Waals surface area contributed by atoms with Crippen molar-refractivity contribution in [3.63, 3.8) is 0 Å². The maximum Gasteiger partial charge on any atom is 0.252 e. The van der Waals surface area contributed by atoms with Crippen LogP contribution in [-0.4, -0.2) is 12.3 Å². The van der Waals surface area contributed by atoms with Gasteiger partial charge in [-0.15, -0.1) is 11.3 Å². The summed E-state index contributed by atoms with van der Waals surface area (Å²) in [5.41, 5.74) is 23.0. The largest absolute Gasteiger partial charge is 0.335 e. The molecule has 1 saturated carbocycles. The minimum atomic E-state index is -0.0891. The molecule has 5 heteroatoms. The zero-order chi connectivity index (χ0) is 51.2. The molecule has 0 bridgehead atoms. The van der Waals surface area contributed by atoms with Gasteiger partial charge in [0.1, 0.15) is 0 Å². The van der Waals surface area contributed by atoms with E-state index in [1.165, 1.54) is 123 Å². The fraction of sp³-hybridized carbons (Fsp3) is 0.229. The molecule has 1 unspecified atom stereocenters. The van der Waals surface area contributed by atoms with Gasteiger partial charge in [0, 0.05) is 71.0 Å².